The predicted octanol–water partition coefficient (Wildman–Crippen LogP) is 1.72. The third kappa shape index (κ3) is 4.95. The van der Waals surface area contributed by atoms with Crippen molar-refractivity contribution in [2.24, 2.45) is 0 Å². The molecule has 0 aliphatic carbocycles. The largest absolute Gasteiger partial charge is 0.496 e. The summed E-state index contributed by atoms with van der Waals surface area (Å²) in [7, 11) is 4.46. The number of carbonyl (C=O) groups excluding carboxylic acids is 2. The standard InChI is InChI=1S/C20H23N3O6S/c1-27-14-6-4-11(9-15-18(25)23-20(26)30-15)8-12(14)10-21-17(24)13-5-7-16(28-2)22-19(13)29-3/h4-8,15,18,25H,9-10H2,1-3H3,(H,21,24)(H,23,26). The number of amides is 2. The number of aromatic nitrogens is 1. The predicted molar refractivity (Wildman–Crippen MR) is 111 cm³/mol. The number of nitrogens with zero attached hydrogens (tertiary/aromatic N) is 1. The molecule has 10 heteroatoms. The van der Waals surface area contributed by atoms with E-state index in [0.717, 1.165) is 22.9 Å². The van der Waals surface area contributed by atoms with Gasteiger partial charge in [-0.25, -0.2) is 0 Å². The molecule has 30 heavy (non-hydrogen) atoms. The fourth-order valence-electron chi connectivity index (χ4n) is 3.07. The van der Waals surface area contributed by atoms with E-state index in [0.29, 0.717) is 18.1 Å². The second-order valence-electron chi connectivity index (χ2n) is 6.48. The van der Waals surface area contributed by atoms with Gasteiger partial charge in [-0.05, 0) is 24.1 Å². The van der Waals surface area contributed by atoms with Gasteiger partial charge in [0.1, 0.15) is 17.5 Å². The number of benzene rings is 1. The van der Waals surface area contributed by atoms with E-state index in [2.05, 4.69) is 15.6 Å². The molecule has 2 atom stereocenters. The Balaban J connectivity index is 1.72. The highest BCUT2D eigenvalue weighted by Crippen LogP contribution is 2.28. The summed E-state index contributed by atoms with van der Waals surface area (Å²) in [5.74, 6) is 0.772. The molecule has 1 aromatic carbocycles. The number of rotatable bonds is 8. The highest BCUT2D eigenvalue weighted by atomic mass is 32.2. The quantitative estimate of drug-likeness (QED) is 0.576. The summed E-state index contributed by atoms with van der Waals surface area (Å²) < 4.78 is 15.6. The summed E-state index contributed by atoms with van der Waals surface area (Å²) in [6, 6.07) is 8.72. The number of aliphatic hydroxyl groups is 1. The molecule has 1 aliphatic heterocycles. The van der Waals surface area contributed by atoms with E-state index in [-0.39, 0.29) is 34.4 Å². The molecular formula is C20H23N3O6S. The van der Waals surface area contributed by atoms with Crippen LogP contribution < -0.4 is 24.8 Å². The molecule has 0 saturated carbocycles. The van der Waals surface area contributed by atoms with Crippen LogP contribution in [0, 0.1) is 0 Å². The molecule has 2 heterocycles. The van der Waals surface area contributed by atoms with Crippen LogP contribution in [0.2, 0.25) is 0 Å². The van der Waals surface area contributed by atoms with Crippen molar-refractivity contribution in [2.75, 3.05) is 21.3 Å². The van der Waals surface area contributed by atoms with Crippen LogP contribution in [0.5, 0.6) is 17.5 Å². The van der Waals surface area contributed by atoms with E-state index in [1.807, 2.05) is 12.1 Å². The number of methoxy groups -OCH3 is 3. The lowest BCUT2D eigenvalue weighted by atomic mass is 10.0. The third-order valence-corrected chi connectivity index (χ3v) is 5.64. The molecule has 9 nitrogen and oxygen atoms in total. The van der Waals surface area contributed by atoms with E-state index in [1.165, 1.54) is 14.2 Å². The maximum Gasteiger partial charge on any atom is 0.281 e. The van der Waals surface area contributed by atoms with Gasteiger partial charge in [-0.3, -0.25) is 9.59 Å². The van der Waals surface area contributed by atoms with E-state index in [9.17, 15) is 14.7 Å². The minimum Gasteiger partial charge on any atom is -0.496 e. The maximum absolute atomic E-state index is 12.6. The average molecular weight is 433 g/mol. The molecule has 1 aliphatic rings. The second-order valence-corrected chi connectivity index (χ2v) is 7.69. The van der Waals surface area contributed by atoms with Gasteiger partial charge in [0.05, 0.1) is 26.6 Å². The topological polar surface area (TPSA) is 119 Å². The van der Waals surface area contributed by atoms with Gasteiger partial charge >= 0.3 is 0 Å². The number of hydrogen-bond donors (Lipinski definition) is 3. The molecule has 2 amide bonds. The van der Waals surface area contributed by atoms with Crippen LogP contribution in [0.25, 0.3) is 0 Å². The summed E-state index contributed by atoms with van der Waals surface area (Å²) in [6.45, 7) is 0.211. The minimum atomic E-state index is -0.886. The molecule has 160 valence electrons. The van der Waals surface area contributed by atoms with Crippen LogP contribution in [0.15, 0.2) is 30.3 Å². The Morgan fingerprint density at radius 2 is 2.00 bits per heavy atom. The monoisotopic (exact) mass is 433 g/mol. The van der Waals surface area contributed by atoms with Crippen molar-refractivity contribution in [3.63, 3.8) is 0 Å². The van der Waals surface area contributed by atoms with E-state index in [4.69, 9.17) is 14.2 Å². The van der Waals surface area contributed by atoms with Crippen molar-refractivity contribution in [1.29, 1.82) is 0 Å². The molecule has 2 aromatic rings. The lowest BCUT2D eigenvalue weighted by Crippen LogP contribution is -2.31. The Kier molecular flexibility index (Phi) is 7.01. The smallest absolute Gasteiger partial charge is 0.281 e. The van der Waals surface area contributed by atoms with Crippen molar-refractivity contribution in [1.82, 2.24) is 15.6 Å². The van der Waals surface area contributed by atoms with Gasteiger partial charge in [-0.2, -0.15) is 4.98 Å². The summed E-state index contributed by atoms with van der Waals surface area (Å²) in [5.41, 5.74) is 1.96. The fraction of sp³-hybridized carbons (Fsp3) is 0.350. The third-order valence-electron chi connectivity index (χ3n) is 4.58. The maximum atomic E-state index is 12.6. The van der Waals surface area contributed by atoms with Crippen molar-refractivity contribution < 1.29 is 28.9 Å². The van der Waals surface area contributed by atoms with Gasteiger partial charge in [0.15, 0.2) is 0 Å². The normalized spacial score (nSPS) is 17.9. The number of hydrogen-bond acceptors (Lipinski definition) is 8. The summed E-state index contributed by atoms with van der Waals surface area (Å²) in [6.07, 6.45) is -0.395. The average Bonchev–Trinajstić information content (AvgIpc) is 3.07. The highest BCUT2D eigenvalue weighted by Gasteiger charge is 2.31. The number of aliphatic hydroxyl groups excluding tert-OH is 1. The van der Waals surface area contributed by atoms with Crippen molar-refractivity contribution in [3.8, 4) is 17.5 Å². The summed E-state index contributed by atoms with van der Waals surface area (Å²) in [4.78, 5) is 28.2. The SMILES string of the molecule is COc1ccc(C(=O)NCc2cc(CC3SC(=O)NC3O)ccc2OC)c(OC)n1. The molecule has 1 fully saturated rings. The number of nitrogens with one attached hydrogen (secondary N) is 2. The van der Waals surface area contributed by atoms with Crippen LogP contribution in [-0.2, 0) is 13.0 Å². The zero-order chi connectivity index (χ0) is 21.7. The molecule has 1 aromatic heterocycles. The number of ether oxygens (including phenoxy) is 3. The second kappa shape index (κ2) is 9.68. The Morgan fingerprint density at radius 1 is 1.20 bits per heavy atom. The van der Waals surface area contributed by atoms with Crippen LogP contribution in [0.1, 0.15) is 21.5 Å². The van der Waals surface area contributed by atoms with E-state index >= 15 is 0 Å². The molecular weight excluding hydrogens is 410 g/mol. The van der Waals surface area contributed by atoms with Crippen LogP contribution in [0.3, 0.4) is 0 Å². The lowest BCUT2D eigenvalue weighted by Gasteiger charge is -2.15. The van der Waals surface area contributed by atoms with Crippen LogP contribution in [-0.4, -0.2) is 54.0 Å². The molecule has 3 N–H and O–H groups in total. The lowest BCUT2D eigenvalue weighted by molar-refractivity contribution is 0.0946. The molecule has 0 spiro atoms. The Bertz CT molecular complexity index is 939. The highest BCUT2D eigenvalue weighted by molar-refractivity contribution is 8.14. The van der Waals surface area contributed by atoms with Crippen molar-refractivity contribution >= 4 is 22.9 Å². The van der Waals surface area contributed by atoms with E-state index < -0.39 is 6.23 Å². The minimum absolute atomic E-state index is 0.164. The molecule has 1 saturated heterocycles. The first-order chi connectivity index (χ1) is 14.4. The number of thioether (sulfide) groups is 1. The van der Waals surface area contributed by atoms with Gasteiger partial charge in [-0.15, -0.1) is 0 Å². The van der Waals surface area contributed by atoms with Crippen molar-refractivity contribution in [2.45, 2.75) is 24.4 Å². The van der Waals surface area contributed by atoms with Gasteiger partial charge in [0, 0.05) is 18.2 Å². The van der Waals surface area contributed by atoms with Crippen molar-refractivity contribution in [3.05, 3.63) is 47.0 Å². The molecule has 0 radical (unpaired) electrons. The summed E-state index contributed by atoms with van der Waals surface area (Å²) in [5, 5.41) is 14.7. The first-order valence-electron chi connectivity index (χ1n) is 9.13. The fourth-order valence-corrected chi connectivity index (χ4v) is 4.01. The van der Waals surface area contributed by atoms with Crippen LogP contribution >= 0.6 is 11.8 Å². The number of carbonyl (C=O) groups is 2. The molecule has 2 unspecified atom stereocenters. The first-order valence-corrected chi connectivity index (χ1v) is 10.0. The van der Waals surface area contributed by atoms with Gasteiger partial charge in [-0.1, -0.05) is 23.9 Å². The van der Waals surface area contributed by atoms with Gasteiger partial charge < -0.3 is 30.0 Å². The summed E-state index contributed by atoms with van der Waals surface area (Å²) >= 11 is 1.07. The number of pyridine rings is 1. The van der Waals surface area contributed by atoms with Gasteiger partial charge in [0.25, 0.3) is 11.1 Å². The zero-order valence-corrected chi connectivity index (χ0v) is 17.6. The first kappa shape index (κ1) is 21.7. The van der Waals surface area contributed by atoms with E-state index in [1.54, 1.807) is 25.3 Å². The molecule has 0 bridgehead atoms. The van der Waals surface area contributed by atoms with Crippen LogP contribution in [0.4, 0.5) is 4.79 Å². The Labute approximate surface area is 178 Å². The Hall–Kier alpha value is -2.98. The van der Waals surface area contributed by atoms with Gasteiger partial charge in [0.2, 0.25) is 11.8 Å². The molecule has 3 rings (SSSR count). The Morgan fingerprint density at radius 3 is 2.63 bits per heavy atom. The zero-order valence-electron chi connectivity index (χ0n) is 16.8.